The van der Waals surface area contributed by atoms with E-state index < -0.39 is 5.97 Å². The van der Waals surface area contributed by atoms with Crippen LogP contribution in [0.1, 0.15) is 20.8 Å². The normalized spacial score (nSPS) is 10.1. The molecule has 2 aromatic heterocycles. The lowest BCUT2D eigenvalue weighted by Gasteiger charge is -2.05. The molecule has 18 heavy (non-hydrogen) atoms. The van der Waals surface area contributed by atoms with Crippen LogP contribution in [-0.4, -0.2) is 26.5 Å². The zero-order chi connectivity index (χ0) is 13.1. The Hall–Kier alpha value is -2.63. The largest absolute Gasteiger partial charge is 0.478 e. The van der Waals surface area contributed by atoms with Crippen molar-refractivity contribution >= 4 is 17.7 Å². The quantitative estimate of drug-likeness (QED) is 0.855. The smallest absolute Gasteiger partial charge is 0.335 e. The third-order valence-electron chi connectivity index (χ3n) is 2.42. The molecule has 2 N–H and O–H groups in total. The number of pyridine rings is 1. The first-order chi connectivity index (χ1) is 8.58. The Morgan fingerprint density at radius 1 is 1.39 bits per heavy atom. The molecule has 6 nitrogen and oxygen atoms in total. The standard InChI is InChI=1S/C12H11N3O3/c1-15-6-2-3-9(15)11(16)14-10-7-8(12(17)18)4-5-13-10/h2-7H,1H3,(H,17,18)(H,13,14,16). The molecule has 0 aliphatic rings. The number of carbonyl (C=O) groups excluding carboxylic acids is 1. The van der Waals surface area contributed by atoms with Crippen molar-refractivity contribution < 1.29 is 14.7 Å². The van der Waals surface area contributed by atoms with Crippen molar-refractivity contribution in [3.05, 3.63) is 47.9 Å². The van der Waals surface area contributed by atoms with Crippen molar-refractivity contribution in [3.63, 3.8) is 0 Å². The average Bonchev–Trinajstić information content (AvgIpc) is 2.76. The van der Waals surface area contributed by atoms with E-state index in [0.29, 0.717) is 5.69 Å². The van der Waals surface area contributed by atoms with Gasteiger partial charge in [-0.15, -0.1) is 0 Å². The number of carboxylic acid groups (broad SMARTS) is 1. The highest BCUT2D eigenvalue weighted by Crippen LogP contribution is 2.09. The molecule has 92 valence electrons. The Morgan fingerprint density at radius 2 is 2.17 bits per heavy atom. The number of aromatic nitrogens is 2. The molecule has 2 heterocycles. The topological polar surface area (TPSA) is 84.2 Å². The Labute approximate surface area is 103 Å². The Bertz CT molecular complexity index is 604. The van der Waals surface area contributed by atoms with E-state index >= 15 is 0 Å². The highest BCUT2D eigenvalue weighted by Gasteiger charge is 2.11. The summed E-state index contributed by atoms with van der Waals surface area (Å²) in [6, 6.07) is 6.08. The zero-order valence-electron chi connectivity index (χ0n) is 9.62. The lowest BCUT2D eigenvalue weighted by Crippen LogP contribution is -2.16. The fraction of sp³-hybridized carbons (Fsp3) is 0.0833. The summed E-state index contributed by atoms with van der Waals surface area (Å²) < 4.78 is 1.66. The summed E-state index contributed by atoms with van der Waals surface area (Å²) >= 11 is 0. The van der Waals surface area contributed by atoms with Crippen LogP contribution in [0.15, 0.2) is 36.7 Å². The molecule has 0 saturated heterocycles. The van der Waals surface area contributed by atoms with Crippen LogP contribution in [0.25, 0.3) is 0 Å². The number of rotatable bonds is 3. The van der Waals surface area contributed by atoms with E-state index in [0.717, 1.165) is 0 Å². The second kappa shape index (κ2) is 4.70. The minimum atomic E-state index is -1.06. The first-order valence-corrected chi connectivity index (χ1v) is 5.20. The van der Waals surface area contributed by atoms with Crippen molar-refractivity contribution in [2.24, 2.45) is 7.05 Å². The summed E-state index contributed by atoms with van der Waals surface area (Å²) in [5.74, 6) is -1.19. The van der Waals surface area contributed by atoms with Crippen LogP contribution in [0.3, 0.4) is 0 Å². The lowest BCUT2D eigenvalue weighted by atomic mass is 10.2. The van der Waals surface area contributed by atoms with Gasteiger partial charge in [-0.1, -0.05) is 0 Å². The number of hydrogen-bond acceptors (Lipinski definition) is 3. The number of hydrogen-bond donors (Lipinski definition) is 2. The predicted octanol–water partition coefficient (Wildman–Crippen LogP) is 1.37. The summed E-state index contributed by atoms with van der Waals surface area (Å²) in [6.07, 6.45) is 3.08. The van der Waals surface area contributed by atoms with Crippen LogP contribution in [-0.2, 0) is 7.05 Å². The van der Waals surface area contributed by atoms with E-state index in [-0.39, 0.29) is 17.3 Å². The SMILES string of the molecule is Cn1cccc1C(=O)Nc1cc(C(=O)O)ccn1. The molecular weight excluding hydrogens is 234 g/mol. The summed E-state index contributed by atoms with van der Waals surface area (Å²) in [5.41, 5.74) is 0.546. The number of nitrogens with one attached hydrogen (secondary N) is 1. The van der Waals surface area contributed by atoms with Crippen molar-refractivity contribution in [1.29, 1.82) is 0 Å². The van der Waals surface area contributed by atoms with E-state index in [1.165, 1.54) is 18.3 Å². The van der Waals surface area contributed by atoms with Gasteiger partial charge in [0, 0.05) is 19.4 Å². The molecule has 0 unspecified atom stereocenters. The van der Waals surface area contributed by atoms with Crippen molar-refractivity contribution in [2.75, 3.05) is 5.32 Å². The van der Waals surface area contributed by atoms with Crippen LogP contribution in [0.5, 0.6) is 0 Å². The molecule has 0 bridgehead atoms. The highest BCUT2D eigenvalue weighted by atomic mass is 16.4. The molecule has 0 atom stereocenters. The number of amides is 1. The van der Waals surface area contributed by atoms with Gasteiger partial charge in [-0.3, -0.25) is 4.79 Å². The maximum Gasteiger partial charge on any atom is 0.335 e. The van der Waals surface area contributed by atoms with Gasteiger partial charge >= 0.3 is 5.97 Å². The van der Waals surface area contributed by atoms with Crippen LogP contribution in [0, 0.1) is 0 Å². The van der Waals surface area contributed by atoms with Gasteiger partial charge in [0.2, 0.25) is 0 Å². The molecule has 0 spiro atoms. The van der Waals surface area contributed by atoms with Crippen molar-refractivity contribution in [1.82, 2.24) is 9.55 Å². The summed E-state index contributed by atoms with van der Waals surface area (Å²) in [5, 5.41) is 11.4. The third-order valence-corrected chi connectivity index (χ3v) is 2.42. The van der Waals surface area contributed by atoms with E-state index in [9.17, 15) is 9.59 Å². The molecule has 1 amide bonds. The van der Waals surface area contributed by atoms with E-state index in [1.54, 1.807) is 29.9 Å². The minimum absolute atomic E-state index is 0.0761. The van der Waals surface area contributed by atoms with Crippen molar-refractivity contribution in [2.45, 2.75) is 0 Å². The second-order valence-corrected chi connectivity index (χ2v) is 3.69. The number of carboxylic acids is 1. The molecule has 0 aliphatic carbocycles. The van der Waals surface area contributed by atoms with Crippen LogP contribution < -0.4 is 5.32 Å². The summed E-state index contributed by atoms with van der Waals surface area (Å²) in [4.78, 5) is 26.5. The number of aryl methyl sites for hydroxylation is 1. The van der Waals surface area contributed by atoms with E-state index in [2.05, 4.69) is 10.3 Å². The van der Waals surface area contributed by atoms with Crippen LogP contribution in [0.2, 0.25) is 0 Å². The zero-order valence-corrected chi connectivity index (χ0v) is 9.62. The maximum atomic E-state index is 11.9. The molecule has 0 aromatic carbocycles. The fourth-order valence-electron chi connectivity index (χ4n) is 1.51. The average molecular weight is 245 g/mol. The number of carbonyl (C=O) groups is 2. The first kappa shape index (κ1) is 11.8. The van der Waals surface area contributed by atoms with Gasteiger partial charge in [-0.25, -0.2) is 9.78 Å². The van der Waals surface area contributed by atoms with Gasteiger partial charge in [-0.2, -0.15) is 0 Å². The second-order valence-electron chi connectivity index (χ2n) is 3.69. The lowest BCUT2D eigenvalue weighted by molar-refractivity contribution is 0.0696. The molecule has 0 saturated carbocycles. The molecule has 2 aromatic rings. The monoisotopic (exact) mass is 245 g/mol. The van der Waals surface area contributed by atoms with Gasteiger partial charge < -0.3 is 15.0 Å². The Kier molecular flexibility index (Phi) is 3.09. The highest BCUT2D eigenvalue weighted by molar-refractivity contribution is 6.03. The number of aromatic carboxylic acids is 1. The van der Waals surface area contributed by atoms with Gasteiger partial charge in [0.15, 0.2) is 0 Å². The van der Waals surface area contributed by atoms with Gasteiger partial charge in [0.25, 0.3) is 5.91 Å². The molecule has 0 fully saturated rings. The van der Waals surface area contributed by atoms with Crippen LogP contribution >= 0.6 is 0 Å². The van der Waals surface area contributed by atoms with E-state index in [1.807, 2.05) is 0 Å². The fourth-order valence-corrected chi connectivity index (χ4v) is 1.51. The van der Waals surface area contributed by atoms with Crippen molar-refractivity contribution in [3.8, 4) is 0 Å². The number of nitrogens with zero attached hydrogens (tertiary/aromatic N) is 2. The number of anilines is 1. The molecule has 2 rings (SSSR count). The van der Waals surface area contributed by atoms with E-state index in [4.69, 9.17) is 5.11 Å². The first-order valence-electron chi connectivity index (χ1n) is 5.20. The van der Waals surface area contributed by atoms with Crippen LogP contribution in [0.4, 0.5) is 5.82 Å². The summed E-state index contributed by atoms with van der Waals surface area (Å²) in [7, 11) is 1.75. The Morgan fingerprint density at radius 3 is 2.78 bits per heavy atom. The predicted molar refractivity (Wildman–Crippen MR) is 64.6 cm³/mol. The molecular formula is C12H11N3O3. The van der Waals surface area contributed by atoms with Gasteiger partial charge in [-0.05, 0) is 24.3 Å². The van der Waals surface area contributed by atoms with Gasteiger partial charge in [0.1, 0.15) is 11.5 Å². The third kappa shape index (κ3) is 2.37. The minimum Gasteiger partial charge on any atom is -0.478 e. The Balaban J connectivity index is 2.20. The molecule has 0 aliphatic heterocycles. The molecule has 0 radical (unpaired) electrons. The van der Waals surface area contributed by atoms with Gasteiger partial charge in [0.05, 0.1) is 5.56 Å². The summed E-state index contributed by atoms with van der Waals surface area (Å²) in [6.45, 7) is 0. The maximum absolute atomic E-state index is 11.9. The molecule has 6 heteroatoms.